The molecule has 2 aliphatic rings. The molecule has 0 saturated heterocycles. The second-order valence-electron chi connectivity index (χ2n) is 9.95. The van der Waals surface area contributed by atoms with E-state index in [1.54, 1.807) is 23.5 Å². The van der Waals surface area contributed by atoms with Crippen LogP contribution in [-0.2, 0) is 17.9 Å². The van der Waals surface area contributed by atoms with Crippen molar-refractivity contribution in [3.63, 3.8) is 0 Å². The Kier molecular flexibility index (Phi) is 8.31. The van der Waals surface area contributed by atoms with E-state index in [1.165, 1.54) is 24.7 Å². The summed E-state index contributed by atoms with van der Waals surface area (Å²) in [6, 6.07) is 7.46. The van der Waals surface area contributed by atoms with Crippen molar-refractivity contribution in [3.05, 3.63) is 59.2 Å². The smallest absolute Gasteiger partial charge is 0.273 e. The molecule has 0 fully saturated rings. The van der Waals surface area contributed by atoms with Crippen LogP contribution in [0.4, 0.5) is 0 Å². The molecule has 9 heteroatoms. The van der Waals surface area contributed by atoms with Crippen LogP contribution in [0, 0.1) is 0 Å². The van der Waals surface area contributed by atoms with Crippen LogP contribution < -0.4 is 15.4 Å². The fourth-order valence-corrected chi connectivity index (χ4v) is 5.10. The van der Waals surface area contributed by atoms with Crippen LogP contribution in [0.25, 0.3) is 0 Å². The van der Waals surface area contributed by atoms with E-state index in [9.17, 15) is 14.4 Å². The van der Waals surface area contributed by atoms with Crippen molar-refractivity contribution in [1.82, 2.24) is 25.1 Å². The number of nitrogens with zero attached hydrogens (tertiary/aromatic N) is 3. The summed E-state index contributed by atoms with van der Waals surface area (Å²) in [5.41, 5.74) is 1.54. The maximum atomic E-state index is 13.7. The van der Waals surface area contributed by atoms with Crippen LogP contribution in [0.1, 0.15) is 78.9 Å². The molecule has 0 radical (unpaired) electrons. The number of aromatic nitrogens is 2. The van der Waals surface area contributed by atoms with E-state index in [1.807, 2.05) is 31.2 Å². The average molecular weight is 508 g/mol. The van der Waals surface area contributed by atoms with Crippen LogP contribution in [0.2, 0.25) is 0 Å². The van der Waals surface area contributed by atoms with E-state index in [4.69, 9.17) is 4.74 Å². The Labute approximate surface area is 218 Å². The number of rotatable bonds is 10. The molecular formula is C28H37N5O4. The molecule has 198 valence electrons. The molecule has 0 saturated carbocycles. The van der Waals surface area contributed by atoms with Crippen molar-refractivity contribution >= 4 is 17.7 Å². The summed E-state index contributed by atoms with van der Waals surface area (Å²) in [6.07, 6.45) is 9.85. The molecule has 9 nitrogen and oxygen atoms in total. The van der Waals surface area contributed by atoms with Gasteiger partial charge in [0.25, 0.3) is 11.8 Å². The molecule has 4 rings (SSSR count). The van der Waals surface area contributed by atoms with Gasteiger partial charge in [0.05, 0.1) is 20.0 Å². The van der Waals surface area contributed by atoms with E-state index >= 15 is 0 Å². The first kappa shape index (κ1) is 26.4. The van der Waals surface area contributed by atoms with Crippen molar-refractivity contribution in [2.24, 2.45) is 0 Å². The third-order valence-corrected chi connectivity index (χ3v) is 7.24. The molecule has 2 heterocycles. The lowest BCUT2D eigenvalue weighted by molar-refractivity contribution is -0.133. The van der Waals surface area contributed by atoms with Gasteiger partial charge in [-0.15, -0.1) is 0 Å². The monoisotopic (exact) mass is 507 g/mol. The third kappa shape index (κ3) is 5.70. The number of allylic oxidation sites excluding steroid dienone is 1. The number of hydrogen-bond acceptors (Lipinski definition) is 5. The number of fused-ring (bicyclic) bond motifs is 1. The fraction of sp³-hybridized carbons (Fsp3) is 0.500. The first-order chi connectivity index (χ1) is 17.9. The fourth-order valence-electron chi connectivity index (χ4n) is 5.10. The summed E-state index contributed by atoms with van der Waals surface area (Å²) in [7, 11) is 1.61. The van der Waals surface area contributed by atoms with Crippen LogP contribution in [0.15, 0.2) is 42.2 Å². The molecule has 1 atom stereocenters. The molecular weight excluding hydrogens is 470 g/mol. The normalized spacial score (nSPS) is 19.2. The van der Waals surface area contributed by atoms with Crippen molar-refractivity contribution < 1.29 is 19.1 Å². The van der Waals surface area contributed by atoms with Gasteiger partial charge < -0.3 is 24.8 Å². The lowest BCUT2D eigenvalue weighted by Gasteiger charge is -2.43. The maximum Gasteiger partial charge on any atom is 0.273 e. The third-order valence-electron chi connectivity index (χ3n) is 7.24. The maximum absolute atomic E-state index is 13.7. The summed E-state index contributed by atoms with van der Waals surface area (Å²) in [4.78, 5) is 45.9. The number of benzene rings is 1. The van der Waals surface area contributed by atoms with Gasteiger partial charge in [-0.1, -0.05) is 30.7 Å². The summed E-state index contributed by atoms with van der Waals surface area (Å²) < 4.78 is 6.83. The molecule has 3 amide bonds. The Bertz CT molecular complexity index is 1170. The Hall–Kier alpha value is -3.62. The molecule has 37 heavy (non-hydrogen) atoms. The van der Waals surface area contributed by atoms with Crippen molar-refractivity contribution in [2.75, 3.05) is 20.2 Å². The standard InChI is InChI=1S/C28H37N5O4/c1-4-16-33-26(35)24-23(25(34)29-15-14-20-8-6-5-7-9-20)31-19-32(24)18-28(33,2)27(36)30-17-21-10-12-22(37-3)13-11-21/h8,10-13,19H,4-7,9,14-18H2,1-3H3,(H,29,34)(H,30,36). The van der Waals surface area contributed by atoms with Gasteiger partial charge in [0.1, 0.15) is 17.0 Å². The Morgan fingerprint density at radius 3 is 2.62 bits per heavy atom. The first-order valence-electron chi connectivity index (χ1n) is 13.1. The lowest BCUT2D eigenvalue weighted by Crippen LogP contribution is -2.64. The number of imidazole rings is 1. The number of ether oxygens (including phenoxy) is 1. The SMILES string of the molecule is CCCN1C(=O)c2c(C(=O)NCCC3=CCCCC3)ncn2CC1(C)C(=O)NCc1ccc(OC)cc1. The van der Waals surface area contributed by atoms with Gasteiger partial charge in [-0.25, -0.2) is 4.98 Å². The summed E-state index contributed by atoms with van der Waals surface area (Å²) in [5.74, 6) is -0.223. The van der Waals surface area contributed by atoms with Gasteiger partial charge in [0.2, 0.25) is 5.91 Å². The molecule has 1 aromatic carbocycles. The van der Waals surface area contributed by atoms with Crippen LogP contribution in [0.3, 0.4) is 0 Å². The zero-order chi connectivity index (χ0) is 26.4. The molecule has 2 N–H and O–H groups in total. The quantitative estimate of drug-likeness (QED) is 0.479. The molecule has 1 aliphatic heterocycles. The minimum absolute atomic E-state index is 0.115. The number of amides is 3. The second kappa shape index (κ2) is 11.6. The first-order valence-corrected chi connectivity index (χ1v) is 13.1. The second-order valence-corrected chi connectivity index (χ2v) is 9.95. The number of methoxy groups -OCH3 is 1. The van der Waals surface area contributed by atoms with Crippen LogP contribution in [-0.4, -0.2) is 57.9 Å². The van der Waals surface area contributed by atoms with Gasteiger partial charge in [-0.2, -0.15) is 0 Å². The number of carbonyl (C=O) groups is 3. The zero-order valence-corrected chi connectivity index (χ0v) is 22.0. The molecule has 2 aromatic rings. The lowest BCUT2D eigenvalue weighted by atomic mass is 9.93. The highest BCUT2D eigenvalue weighted by atomic mass is 16.5. The minimum atomic E-state index is -1.12. The van der Waals surface area contributed by atoms with Crippen LogP contribution in [0.5, 0.6) is 5.75 Å². The number of nitrogens with one attached hydrogen (secondary N) is 2. The minimum Gasteiger partial charge on any atom is -0.497 e. The number of hydrogen-bond donors (Lipinski definition) is 2. The Morgan fingerprint density at radius 1 is 1.16 bits per heavy atom. The molecule has 0 bridgehead atoms. The van der Waals surface area contributed by atoms with Gasteiger partial charge in [-0.05, 0) is 63.1 Å². The summed E-state index contributed by atoms with van der Waals surface area (Å²) in [6.45, 7) is 5.18. The van der Waals surface area contributed by atoms with E-state index in [-0.39, 0.29) is 35.7 Å². The largest absolute Gasteiger partial charge is 0.497 e. The zero-order valence-electron chi connectivity index (χ0n) is 22.0. The highest BCUT2D eigenvalue weighted by molar-refractivity contribution is 6.07. The van der Waals surface area contributed by atoms with E-state index in [2.05, 4.69) is 21.7 Å². The Balaban J connectivity index is 1.47. The summed E-state index contributed by atoms with van der Waals surface area (Å²) in [5, 5.41) is 5.91. The highest BCUT2D eigenvalue weighted by Gasteiger charge is 2.48. The van der Waals surface area contributed by atoms with Crippen LogP contribution >= 0.6 is 0 Å². The van der Waals surface area contributed by atoms with Crippen molar-refractivity contribution in [2.45, 2.75) is 71.0 Å². The molecule has 0 spiro atoms. The van der Waals surface area contributed by atoms with Gasteiger partial charge in [-0.3, -0.25) is 14.4 Å². The highest BCUT2D eigenvalue weighted by Crippen LogP contribution is 2.29. The Morgan fingerprint density at radius 2 is 1.95 bits per heavy atom. The van der Waals surface area contributed by atoms with Gasteiger partial charge in [0, 0.05) is 19.6 Å². The predicted octanol–water partition coefficient (Wildman–Crippen LogP) is 3.45. The van der Waals surface area contributed by atoms with Crippen molar-refractivity contribution in [3.8, 4) is 5.75 Å². The molecule has 1 unspecified atom stereocenters. The average Bonchev–Trinajstić information content (AvgIpc) is 3.34. The van der Waals surface area contributed by atoms with Gasteiger partial charge >= 0.3 is 0 Å². The van der Waals surface area contributed by atoms with Crippen molar-refractivity contribution in [1.29, 1.82) is 0 Å². The van der Waals surface area contributed by atoms with E-state index in [0.717, 1.165) is 30.6 Å². The number of carbonyl (C=O) groups excluding carboxylic acids is 3. The predicted molar refractivity (Wildman–Crippen MR) is 140 cm³/mol. The van der Waals surface area contributed by atoms with E-state index in [0.29, 0.717) is 26.1 Å². The molecule has 1 aliphatic carbocycles. The van der Waals surface area contributed by atoms with E-state index < -0.39 is 5.54 Å². The summed E-state index contributed by atoms with van der Waals surface area (Å²) >= 11 is 0. The van der Waals surface area contributed by atoms with Gasteiger partial charge in [0.15, 0.2) is 5.69 Å². The molecule has 1 aromatic heterocycles. The topological polar surface area (TPSA) is 106 Å².